The summed E-state index contributed by atoms with van der Waals surface area (Å²) in [6, 6.07) is 17.1. The van der Waals surface area contributed by atoms with Crippen LogP contribution in [0, 0.1) is 5.41 Å². The normalized spacial score (nSPS) is 17.4. The third-order valence-corrected chi connectivity index (χ3v) is 5.79. The van der Waals surface area contributed by atoms with Crippen molar-refractivity contribution < 1.29 is 4.74 Å². The Morgan fingerprint density at radius 1 is 0.967 bits per heavy atom. The zero-order chi connectivity index (χ0) is 21.9. The molecular weight excluding hydrogens is 368 g/mol. The summed E-state index contributed by atoms with van der Waals surface area (Å²) in [6.45, 7) is 16.9. The Morgan fingerprint density at radius 3 is 2.07 bits per heavy atom. The van der Waals surface area contributed by atoms with Gasteiger partial charge in [0, 0.05) is 5.56 Å². The summed E-state index contributed by atoms with van der Waals surface area (Å²) in [5, 5.41) is 0. The van der Waals surface area contributed by atoms with Gasteiger partial charge < -0.3 is 4.74 Å². The van der Waals surface area contributed by atoms with Crippen molar-refractivity contribution in [2.75, 3.05) is 6.61 Å². The molecule has 0 bridgehead atoms. The zero-order valence-electron chi connectivity index (χ0n) is 19.6. The molecule has 1 aliphatic rings. The lowest BCUT2D eigenvalue weighted by molar-refractivity contribution is 0.237. The molecule has 0 aliphatic carbocycles. The first-order chi connectivity index (χ1) is 14.2. The fourth-order valence-electron chi connectivity index (χ4n) is 3.87. The highest BCUT2D eigenvalue weighted by Gasteiger charge is 2.32. The lowest BCUT2D eigenvalue weighted by Gasteiger charge is -2.21. The topological polar surface area (TPSA) is 34.0 Å². The smallest absolute Gasteiger partial charge is 0.235 e. The first-order valence-electron chi connectivity index (χ1n) is 11.1. The lowest BCUT2D eigenvalue weighted by Crippen LogP contribution is -2.25. The zero-order valence-corrected chi connectivity index (χ0v) is 19.6. The second-order valence-electron chi connectivity index (χ2n) is 9.88. The maximum atomic E-state index is 6.07. The molecule has 0 amide bonds. The van der Waals surface area contributed by atoms with E-state index in [1.165, 1.54) is 16.7 Å². The number of nitrogens with zero attached hydrogens (tertiary/aromatic N) is 2. The van der Waals surface area contributed by atoms with E-state index in [0.717, 1.165) is 11.3 Å². The Morgan fingerprint density at radius 2 is 1.57 bits per heavy atom. The van der Waals surface area contributed by atoms with Crippen LogP contribution in [0.25, 0.3) is 0 Å². The molecule has 3 rings (SSSR count). The van der Waals surface area contributed by atoms with Gasteiger partial charge in [-0.3, -0.25) is 4.99 Å². The van der Waals surface area contributed by atoms with E-state index in [2.05, 4.69) is 78.8 Å². The van der Waals surface area contributed by atoms with Gasteiger partial charge in [0.15, 0.2) is 0 Å². The van der Waals surface area contributed by atoms with Gasteiger partial charge in [-0.05, 0) is 33.9 Å². The third kappa shape index (κ3) is 5.00. The number of ether oxygens (including phenoxy) is 1. The molecule has 0 N–H and O–H groups in total. The summed E-state index contributed by atoms with van der Waals surface area (Å²) in [6.07, 6.45) is 0. The SMILES string of the molecule is CC(C)c1cccc(C(C)C)c1C/N=C(/C1=N[C@@H](C(C)(C)C)CO1)c1ccccc1. The van der Waals surface area contributed by atoms with E-state index >= 15 is 0 Å². The fourth-order valence-corrected chi connectivity index (χ4v) is 3.87. The van der Waals surface area contributed by atoms with Crippen LogP contribution in [0.15, 0.2) is 58.5 Å². The van der Waals surface area contributed by atoms with Crippen LogP contribution in [0.2, 0.25) is 0 Å². The van der Waals surface area contributed by atoms with Gasteiger partial charge >= 0.3 is 0 Å². The van der Waals surface area contributed by atoms with Crippen LogP contribution in [0.1, 0.15) is 82.6 Å². The minimum absolute atomic E-state index is 0.0681. The predicted molar refractivity (Wildman–Crippen MR) is 128 cm³/mol. The quantitative estimate of drug-likeness (QED) is 0.489. The summed E-state index contributed by atoms with van der Waals surface area (Å²) in [5.74, 6) is 1.59. The van der Waals surface area contributed by atoms with Crippen LogP contribution in [0.5, 0.6) is 0 Å². The molecule has 0 unspecified atom stereocenters. The molecule has 0 fully saturated rings. The molecule has 0 saturated heterocycles. The number of hydrogen-bond acceptors (Lipinski definition) is 3. The first-order valence-corrected chi connectivity index (χ1v) is 11.1. The molecule has 160 valence electrons. The van der Waals surface area contributed by atoms with Crippen LogP contribution < -0.4 is 0 Å². The average molecular weight is 405 g/mol. The lowest BCUT2D eigenvalue weighted by atomic mass is 9.88. The van der Waals surface area contributed by atoms with Gasteiger partial charge in [0.1, 0.15) is 12.3 Å². The average Bonchev–Trinajstić information content (AvgIpc) is 3.19. The van der Waals surface area contributed by atoms with E-state index in [9.17, 15) is 0 Å². The number of benzene rings is 2. The maximum Gasteiger partial charge on any atom is 0.235 e. The monoisotopic (exact) mass is 404 g/mol. The fraction of sp³-hybridized carbons (Fsp3) is 0.481. The molecule has 1 atom stereocenters. The molecule has 0 saturated carbocycles. The van der Waals surface area contributed by atoms with Crippen LogP contribution in [-0.4, -0.2) is 24.3 Å². The highest BCUT2D eigenvalue weighted by molar-refractivity contribution is 6.45. The summed E-state index contributed by atoms with van der Waals surface area (Å²) in [5.41, 5.74) is 6.06. The predicted octanol–water partition coefficient (Wildman–Crippen LogP) is 6.77. The van der Waals surface area contributed by atoms with Crippen LogP contribution >= 0.6 is 0 Å². The Labute approximate surface area is 182 Å². The van der Waals surface area contributed by atoms with Gasteiger partial charge in [0.2, 0.25) is 5.90 Å². The van der Waals surface area contributed by atoms with Crippen molar-refractivity contribution >= 4 is 11.6 Å². The molecule has 30 heavy (non-hydrogen) atoms. The van der Waals surface area contributed by atoms with Crippen molar-refractivity contribution in [1.29, 1.82) is 0 Å². The largest absolute Gasteiger partial charge is 0.474 e. The highest BCUT2D eigenvalue weighted by Crippen LogP contribution is 2.30. The van der Waals surface area contributed by atoms with Gasteiger partial charge in [0.25, 0.3) is 0 Å². The van der Waals surface area contributed by atoms with Gasteiger partial charge in [-0.15, -0.1) is 0 Å². The van der Waals surface area contributed by atoms with Gasteiger partial charge in [0.05, 0.1) is 12.6 Å². The Balaban J connectivity index is 2.05. The number of aliphatic imine (C=N–C) groups is 2. The van der Waals surface area contributed by atoms with Crippen molar-refractivity contribution in [1.82, 2.24) is 0 Å². The molecule has 0 radical (unpaired) electrons. The van der Waals surface area contributed by atoms with Crippen molar-refractivity contribution in [3.05, 3.63) is 70.8 Å². The van der Waals surface area contributed by atoms with Crippen molar-refractivity contribution in [2.45, 2.75) is 72.9 Å². The van der Waals surface area contributed by atoms with E-state index < -0.39 is 0 Å². The van der Waals surface area contributed by atoms with Crippen molar-refractivity contribution in [3.8, 4) is 0 Å². The summed E-state index contributed by atoms with van der Waals surface area (Å²) in [7, 11) is 0. The van der Waals surface area contributed by atoms with Crippen LogP contribution in [0.4, 0.5) is 0 Å². The number of hydrogen-bond donors (Lipinski definition) is 0. The van der Waals surface area contributed by atoms with E-state index in [1.807, 2.05) is 18.2 Å². The Kier molecular flexibility index (Phi) is 6.80. The van der Waals surface area contributed by atoms with Gasteiger partial charge in [-0.25, -0.2) is 4.99 Å². The van der Waals surface area contributed by atoms with E-state index in [4.69, 9.17) is 14.7 Å². The standard InChI is InChI=1S/C27H36N2O/c1-18(2)21-14-11-15-22(19(3)4)23(21)16-28-25(20-12-9-8-10-13-20)26-29-24(17-30-26)27(5,6)7/h8-15,18-19,24H,16-17H2,1-7H3/b28-25+/t24-/m1/s1. The van der Waals surface area contributed by atoms with Crippen LogP contribution in [-0.2, 0) is 11.3 Å². The van der Waals surface area contributed by atoms with E-state index in [0.29, 0.717) is 30.9 Å². The highest BCUT2D eigenvalue weighted by atomic mass is 16.5. The Bertz CT molecular complexity index is 891. The van der Waals surface area contributed by atoms with Gasteiger partial charge in [-0.1, -0.05) is 97.0 Å². The molecule has 2 aromatic carbocycles. The first kappa shape index (κ1) is 22.3. The molecule has 2 aromatic rings. The van der Waals surface area contributed by atoms with E-state index in [-0.39, 0.29) is 11.5 Å². The molecule has 3 nitrogen and oxygen atoms in total. The molecule has 0 aromatic heterocycles. The molecule has 0 spiro atoms. The van der Waals surface area contributed by atoms with Crippen molar-refractivity contribution in [2.24, 2.45) is 15.4 Å². The summed E-state index contributed by atoms with van der Waals surface area (Å²) in [4.78, 5) is 10.0. The minimum atomic E-state index is 0.0681. The maximum absolute atomic E-state index is 6.07. The Hall–Kier alpha value is -2.42. The second-order valence-corrected chi connectivity index (χ2v) is 9.88. The molecule has 1 heterocycles. The molecule has 1 aliphatic heterocycles. The summed E-state index contributed by atoms with van der Waals surface area (Å²) < 4.78 is 6.07. The second kappa shape index (κ2) is 9.16. The van der Waals surface area contributed by atoms with E-state index in [1.54, 1.807) is 0 Å². The molecule has 3 heteroatoms. The minimum Gasteiger partial charge on any atom is -0.474 e. The summed E-state index contributed by atoms with van der Waals surface area (Å²) >= 11 is 0. The molecular formula is C27H36N2O. The number of rotatable bonds is 6. The van der Waals surface area contributed by atoms with Crippen molar-refractivity contribution in [3.63, 3.8) is 0 Å². The van der Waals surface area contributed by atoms with Crippen LogP contribution in [0.3, 0.4) is 0 Å². The van der Waals surface area contributed by atoms with Gasteiger partial charge in [-0.2, -0.15) is 0 Å². The third-order valence-electron chi connectivity index (χ3n) is 5.79.